The minimum Gasteiger partial charge on any atom is -0.484 e. The standard InChI is InChI=1S/C23H28ClFN4O4/c24-16-3-2-15(9-17(16)25)33-13-20(31)28-23-7-5-22(6-8-23,10-19(23)30)29-21(32)18-4-1-14(11-26)12-27-18/h2-3,9,14,18-19,27,30H,1,4-8,10,12-13H2,(H,28,31)(H,29,32). The zero-order valence-corrected chi connectivity index (χ0v) is 19.0. The maximum absolute atomic E-state index is 13.5. The molecule has 1 heterocycles. The van der Waals surface area contributed by atoms with E-state index in [-0.39, 0.29) is 35.2 Å². The SMILES string of the molecule is N#CC1CCC(C(=O)NC23CCC(NC(=O)COc4ccc(Cl)c(F)c4)(CC2)C(O)C3)NC1. The largest absolute Gasteiger partial charge is 0.484 e. The first kappa shape index (κ1) is 23.7. The third kappa shape index (κ3) is 5.08. The van der Waals surface area contributed by atoms with Gasteiger partial charge in [0.2, 0.25) is 5.91 Å². The van der Waals surface area contributed by atoms with Crippen molar-refractivity contribution in [1.82, 2.24) is 16.0 Å². The van der Waals surface area contributed by atoms with Gasteiger partial charge in [-0.3, -0.25) is 9.59 Å². The lowest BCUT2D eigenvalue weighted by Crippen LogP contribution is -2.71. The van der Waals surface area contributed by atoms with Crippen molar-refractivity contribution in [2.24, 2.45) is 5.92 Å². The predicted molar refractivity (Wildman–Crippen MR) is 118 cm³/mol. The fourth-order valence-corrected chi connectivity index (χ4v) is 5.35. The molecule has 2 amide bonds. The Morgan fingerprint density at radius 1 is 1.27 bits per heavy atom. The van der Waals surface area contributed by atoms with Gasteiger partial charge in [-0.15, -0.1) is 0 Å². The van der Waals surface area contributed by atoms with Crippen LogP contribution in [-0.4, -0.2) is 53.3 Å². The van der Waals surface area contributed by atoms with Gasteiger partial charge in [-0.2, -0.15) is 5.26 Å². The number of rotatable bonds is 6. The summed E-state index contributed by atoms with van der Waals surface area (Å²) in [6, 6.07) is 5.84. The van der Waals surface area contributed by atoms with E-state index in [9.17, 15) is 19.1 Å². The zero-order chi connectivity index (χ0) is 23.6. The third-order valence-corrected chi connectivity index (χ3v) is 7.58. The van der Waals surface area contributed by atoms with E-state index >= 15 is 0 Å². The van der Waals surface area contributed by atoms with Crippen LogP contribution in [0.1, 0.15) is 44.9 Å². The highest BCUT2D eigenvalue weighted by Gasteiger charge is 2.55. The van der Waals surface area contributed by atoms with Crippen LogP contribution in [0.15, 0.2) is 18.2 Å². The molecule has 4 N–H and O–H groups in total. The number of hydrogen-bond donors (Lipinski definition) is 4. The summed E-state index contributed by atoms with van der Waals surface area (Å²) in [6.07, 6.45) is 3.21. The van der Waals surface area contributed by atoms with E-state index in [4.69, 9.17) is 21.6 Å². The average Bonchev–Trinajstić information content (AvgIpc) is 2.81. The number of amides is 2. The van der Waals surface area contributed by atoms with Crippen molar-refractivity contribution < 1.29 is 23.8 Å². The first-order valence-corrected chi connectivity index (χ1v) is 11.6. The number of aliphatic hydroxyl groups excluding tert-OH is 1. The van der Waals surface area contributed by atoms with Crippen LogP contribution in [0.4, 0.5) is 4.39 Å². The highest BCUT2D eigenvalue weighted by atomic mass is 35.5. The van der Waals surface area contributed by atoms with E-state index in [1.165, 1.54) is 12.1 Å². The number of benzene rings is 1. The van der Waals surface area contributed by atoms with Gasteiger partial charge in [0.05, 0.1) is 34.7 Å². The monoisotopic (exact) mass is 478 g/mol. The van der Waals surface area contributed by atoms with Gasteiger partial charge >= 0.3 is 0 Å². The van der Waals surface area contributed by atoms with Gasteiger partial charge in [-0.05, 0) is 57.1 Å². The molecule has 33 heavy (non-hydrogen) atoms. The normalized spacial score (nSPS) is 33.1. The molecule has 3 atom stereocenters. The Morgan fingerprint density at radius 2 is 2.03 bits per heavy atom. The summed E-state index contributed by atoms with van der Waals surface area (Å²) in [5.74, 6) is -1.00. The summed E-state index contributed by atoms with van der Waals surface area (Å²) < 4.78 is 18.9. The number of fused-ring (bicyclic) bond motifs is 3. The summed E-state index contributed by atoms with van der Waals surface area (Å²) in [5.41, 5.74) is -1.25. The lowest BCUT2D eigenvalue weighted by Gasteiger charge is -2.56. The number of carbonyl (C=O) groups is 2. The second-order valence-corrected chi connectivity index (χ2v) is 9.83. The van der Waals surface area contributed by atoms with E-state index < -0.39 is 28.9 Å². The van der Waals surface area contributed by atoms with Crippen LogP contribution in [0.25, 0.3) is 0 Å². The van der Waals surface area contributed by atoms with Crippen molar-refractivity contribution in [2.45, 2.75) is 68.2 Å². The van der Waals surface area contributed by atoms with Crippen molar-refractivity contribution in [2.75, 3.05) is 13.2 Å². The highest BCUT2D eigenvalue weighted by Crippen LogP contribution is 2.47. The van der Waals surface area contributed by atoms with Gasteiger partial charge in [-0.1, -0.05) is 11.6 Å². The molecule has 0 aromatic heterocycles. The van der Waals surface area contributed by atoms with Gasteiger partial charge in [0.1, 0.15) is 11.6 Å². The molecule has 3 unspecified atom stereocenters. The van der Waals surface area contributed by atoms with Crippen LogP contribution in [0.3, 0.4) is 0 Å². The summed E-state index contributed by atoms with van der Waals surface area (Å²) in [5, 5.41) is 29.1. The van der Waals surface area contributed by atoms with Crippen LogP contribution in [0.2, 0.25) is 5.02 Å². The van der Waals surface area contributed by atoms with Crippen molar-refractivity contribution in [3.63, 3.8) is 0 Å². The van der Waals surface area contributed by atoms with Crippen molar-refractivity contribution in [3.8, 4) is 11.8 Å². The Kier molecular flexibility index (Phi) is 6.80. The maximum Gasteiger partial charge on any atom is 0.258 e. The molecule has 10 heteroatoms. The van der Waals surface area contributed by atoms with E-state index in [1.54, 1.807) is 0 Å². The van der Waals surface area contributed by atoms with Gasteiger partial charge in [0, 0.05) is 18.2 Å². The summed E-state index contributed by atoms with van der Waals surface area (Å²) in [4.78, 5) is 25.3. The lowest BCUT2D eigenvalue weighted by atomic mass is 9.59. The van der Waals surface area contributed by atoms with Gasteiger partial charge in [-0.25, -0.2) is 4.39 Å². The molecule has 4 fully saturated rings. The minimum atomic E-state index is -0.806. The molecule has 1 aliphatic heterocycles. The molecule has 0 spiro atoms. The number of halogens is 2. The summed E-state index contributed by atoms with van der Waals surface area (Å²) in [7, 11) is 0. The number of aliphatic hydroxyl groups is 1. The average molecular weight is 479 g/mol. The molecular weight excluding hydrogens is 451 g/mol. The third-order valence-electron chi connectivity index (χ3n) is 7.27. The maximum atomic E-state index is 13.5. The Bertz CT molecular complexity index is 952. The molecule has 1 saturated heterocycles. The molecule has 3 saturated carbocycles. The summed E-state index contributed by atoms with van der Waals surface area (Å²) in [6.45, 7) is 0.193. The Balaban J connectivity index is 1.29. The second kappa shape index (κ2) is 9.45. The van der Waals surface area contributed by atoms with Gasteiger partial charge in [0.25, 0.3) is 5.91 Å². The highest BCUT2D eigenvalue weighted by molar-refractivity contribution is 6.30. The topological polar surface area (TPSA) is 123 Å². The number of nitriles is 1. The van der Waals surface area contributed by atoms with Gasteiger partial charge < -0.3 is 25.8 Å². The Hall–Kier alpha value is -2.41. The van der Waals surface area contributed by atoms with Crippen molar-refractivity contribution in [3.05, 3.63) is 29.0 Å². The smallest absolute Gasteiger partial charge is 0.258 e. The molecule has 0 radical (unpaired) electrons. The van der Waals surface area contributed by atoms with Crippen LogP contribution in [-0.2, 0) is 9.59 Å². The number of piperidine rings is 1. The van der Waals surface area contributed by atoms with Crippen LogP contribution >= 0.6 is 11.6 Å². The van der Waals surface area contributed by atoms with E-state index in [1.807, 2.05) is 0 Å². The van der Waals surface area contributed by atoms with Crippen LogP contribution < -0.4 is 20.7 Å². The van der Waals surface area contributed by atoms with E-state index in [0.717, 1.165) is 6.07 Å². The molecule has 1 aromatic carbocycles. The first-order chi connectivity index (χ1) is 15.7. The first-order valence-electron chi connectivity index (χ1n) is 11.3. The molecule has 2 bridgehead atoms. The fraction of sp³-hybridized carbons (Fsp3) is 0.609. The van der Waals surface area contributed by atoms with E-state index in [0.29, 0.717) is 51.5 Å². The number of nitrogens with one attached hydrogen (secondary N) is 3. The number of ether oxygens (including phenoxy) is 1. The summed E-state index contributed by atoms with van der Waals surface area (Å²) >= 11 is 5.65. The molecular formula is C23H28ClFN4O4. The number of nitrogens with zero attached hydrogens (tertiary/aromatic N) is 1. The Morgan fingerprint density at radius 3 is 2.64 bits per heavy atom. The predicted octanol–water partition coefficient (Wildman–Crippen LogP) is 1.80. The molecule has 1 aromatic rings. The fourth-order valence-electron chi connectivity index (χ4n) is 5.23. The number of hydrogen-bond acceptors (Lipinski definition) is 6. The molecule has 8 nitrogen and oxygen atoms in total. The quantitative estimate of drug-likeness (QED) is 0.494. The van der Waals surface area contributed by atoms with E-state index in [2.05, 4.69) is 22.0 Å². The molecule has 4 aliphatic rings. The van der Waals surface area contributed by atoms with Gasteiger partial charge in [0.15, 0.2) is 6.61 Å². The lowest BCUT2D eigenvalue weighted by molar-refractivity contribution is -0.137. The second-order valence-electron chi connectivity index (χ2n) is 9.42. The molecule has 3 aliphatic carbocycles. The zero-order valence-electron chi connectivity index (χ0n) is 18.2. The van der Waals surface area contributed by atoms with Crippen LogP contribution in [0, 0.1) is 23.1 Å². The molecule has 178 valence electrons. The molecule has 5 rings (SSSR count). The van der Waals surface area contributed by atoms with Crippen LogP contribution in [0.5, 0.6) is 5.75 Å². The number of carbonyl (C=O) groups excluding carboxylic acids is 2. The Labute approximate surface area is 196 Å². The van der Waals surface area contributed by atoms with Crippen molar-refractivity contribution >= 4 is 23.4 Å². The minimum absolute atomic E-state index is 0.0283. The van der Waals surface area contributed by atoms with Crippen molar-refractivity contribution in [1.29, 1.82) is 5.26 Å².